The van der Waals surface area contributed by atoms with E-state index in [9.17, 15) is 0 Å². The normalized spacial score (nSPS) is 8.67. The standard InChI is InChI=1S/C4H3O.Al.2H/c1-2-4-5-3-1;;;/h1-3H;;;. The first-order valence-electron chi connectivity index (χ1n) is 1.90. The summed E-state index contributed by atoms with van der Waals surface area (Å²) in [7, 11) is 0. The second-order valence-electron chi connectivity index (χ2n) is 1.22. The highest BCUT2D eigenvalue weighted by atomic mass is 27.0. The number of rotatable bonds is 0. The zero-order valence-corrected chi connectivity index (χ0v) is 5.64. The summed E-state index contributed by atoms with van der Waals surface area (Å²) >= 11 is 1.03. The molecule has 0 aromatic carbocycles. The Morgan fingerprint density at radius 3 is 2.67 bits per heavy atom. The van der Waals surface area contributed by atoms with Crippen LogP contribution in [0.1, 0.15) is 0 Å². The van der Waals surface area contributed by atoms with Gasteiger partial charge in [0.05, 0.1) is 6.26 Å². The lowest BCUT2D eigenvalue weighted by Gasteiger charge is -1.69. The van der Waals surface area contributed by atoms with Gasteiger partial charge in [-0.2, -0.15) is 0 Å². The molecule has 30 valence electrons. The summed E-state index contributed by atoms with van der Waals surface area (Å²) in [5, 5.41) is 0. The molecule has 0 bridgehead atoms. The lowest BCUT2D eigenvalue weighted by atomic mass is 10.7. The largest absolute Gasteiger partial charge is 0.489 e. The van der Waals surface area contributed by atoms with Crippen molar-refractivity contribution in [3.8, 4) is 0 Å². The van der Waals surface area contributed by atoms with Crippen LogP contribution >= 0.6 is 0 Å². The van der Waals surface area contributed by atoms with E-state index in [1.54, 1.807) is 6.26 Å². The molecule has 0 radical (unpaired) electrons. The van der Waals surface area contributed by atoms with E-state index in [4.69, 9.17) is 4.42 Å². The average molecular weight is 96.1 g/mol. The van der Waals surface area contributed by atoms with Gasteiger partial charge in [0.15, 0.2) is 0 Å². The van der Waals surface area contributed by atoms with Crippen molar-refractivity contribution in [2.24, 2.45) is 0 Å². The molecule has 0 aliphatic heterocycles. The van der Waals surface area contributed by atoms with Gasteiger partial charge in [-0.3, -0.25) is 0 Å². The summed E-state index contributed by atoms with van der Waals surface area (Å²) in [4.78, 5) is 0. The molecular weight excluding hydrogens is 91.0 g/mol. The molecule has 1 rings (SSSR count). The minimum Gasteiger partial charge on any atom is -0.489 e. The van der Waals surface area contributed by atoms with E-state index < -0.39 is 0 Å². The summed E-state index contributed by atoms with van der Waals surface area (Å²) in [5.74, 6) is 0. The second kappa shape index (κ2) is 1.51. The summed E-state index contributed by atoms with van der Waals surface area (Å²) in [6, 6.07) is 3.88. The highest BCUT2D eigenvalue weighted by Gasteiger charge is 1.76. The van der Waals surface area contributed by atoms with Crippen LogP contribution in [0.5, 0.6) is 0 Å². The van der Waals surface area contributed by atoms with E-state index in [0.29, 0.717) is 0 Å². The first-order valence-corrected chi connectivity index (χ1v) is 2.90. The lowest BCUT2D eigenvalue weighted by Crippen LogP contribution is -1.92. The number of hydrogen-bond donors (Lipinski definition) is 0. The van der Waals surface area contributed by atoms with Crippen molar-refractivity contribution in [3.63, 3.8) is 0 Å². The topological polar surface area (TPSA) is 13.1 Å². The van der Waals surface area contributed by atoms with Crippen molar-refractivity contribution < 1.29 is 4.42 Å². The molecule has 0 aliphatic rings. The lowest BCUT2D eigenvalue weighted by molar-refractivity contribution is 0.602. The molecule has 0 unspecified atom stereocenters. The first-order chi connectivity index (χ1) is 2.89. The summed E-state index contributed by atoms with van der Waals surface area (Å²) < 4.78 is 6.00. The third kappa shape index (κ3) is 0.650. The van der Waals surface area contributed by atoms with Gasteiger partial charge in [-0.05, 0) is 12.1 Å². The molecule has 0 amide bonds. The molecule has 0 saturated heterocycles. The molecule has 0 aliphatic carbocycles. The van der Waals surface area contributed by atoms with E-state index in [1.807, 2.05) is 12.1 Å². The van der Waals surface area contributed by atoms with Crippen LogP contribution in [0.2, 0.25) is 0 Å². The Bertz CT molecular complexity index is 111. The highest BCUT2D eigenvalue weighted by molar-refractivity contribution is 6.29. The molecule has 1 nitrogen and oxygen atoms in total. The van der Waals surface area contributed by atoms with E-state index in [-0.39, 0.29) is 0 Å². The highest BCUT2D eigenvalue weighted by Crippen LogP contribution is 1.75. The third-order valence-corrected chi connectivity index (χ3v) is 1.23. The monoisotopic (exact) mass is 96.0 g/mol. The SMILES string of the molecule is [AlH2][c]1ccco1. The molecule has 0 saturated carbocycles. The van der Waals surface area contributed by atoms with E-state index in [0.717, 1.165) is 20.9 Å². The maximum atomic E-state index is 4.90. The van der Waals surface area contributed by atoms with Gasteiger partial charge in [0.25, 0.3) is 0 Å². The molecule has 2 heteroatoms. The summed E-state index contributed by atoms with van der Waals surface area (Å²) in [6.07, 6.45) is 1.70. The Labute approximate surface area is 44.4 Å². The Kier molecular flexibility index (Phi) is 1.00. The van der Waals surface area contributed by atoms with Gasteiger partial charge in [-0.25, -0.2) is 0 Å². The van der Waals surface area contributed by atoms with Crippen molar-refractivity contribution in [1.82, 2.24) is 0 Å². The Morgan fingerprint density at radius 1 is 1.67 bits per heavy atom. The molecule has 0 N–H and O–H groups in total. The maximum absolute atomic E-state index is 4.90. The second-order valence-corrected chi connectivity index (χ2v) is 2.21. The molecule has 1 heterocycles. The summed E-state index contributed by atoms with van der Waals surface area (Å²) in [6.45, 7) is 0. The molecule has 0 atom stereocenters. The minimum atomic E-state index is 1.03. The Balaban J connectivity index is 3.05. The van der Waals surface area contributed by atoms with Gasteiger partial charge < -0.3 is 4.42 Å². The van der Waals surface area contributed by atoms with Crippen LogP contribution in [-0.4, -0.2) is 16.3 Å². The molecular formula is C4H5AlO. The van der Waals surface area contributed by atoms with Gasteiger partial charge in [0, 0.05) is 4.62 Å². The van der Waals surface area contributed by atoms with E-state index in [1.165, 1.54) is 0 Å². The van der Waals surface area contributed by atoms with Crippen LogP contribution in [0.3, 0.4) is 0 Å². The van der Waals surface area contributed by atoms with Crippen molar-refractivity contribution in [3.05, 3.63) is 18.4 Å². The van der Waals surface area contributed by atoms with Gasteiger partial charge in [0.1, 0.15) is 0 Å². The fourth-order valence-electron chi connectivity index (χ4n) is 0.361. The van der Waals surface area contributed by atoms with Crippen LogP contribution in [-0.2, 0) is 0 Å². The third-order valence-electron chi connectivity index (χ3n) is 0.663. The Hall–Kier alpha value is -0.188. The van der Waals surface area contributed by atoms with Crippen LogP contribution in [0.25, 0.3) is 0 Å². The van der Waals surface area contributed by atoms with E-state index in [2.05, 4.69) is 0 Å². The maximum Gasteiger partial charge on any atom is 0.318 e. The number of hydrogen-bond acceptors (Lipinski definition) is 1. The fourth-order valence-corrected chi connectivity index (χ4v) is 0.689. The predicted octanol–water partition coefficient (Wildman–Crippen LogP) is -0.462. The first kappa shape index (κ1) is 3.98. The molecule has 0 spiro atoms. The van der Waals surface area contributed by atoms with Crippen LogP contribution < -0.4 is 4.62 Å². The molecule has 1 aromatic rings. The number of furan rings is 1. The van der Waals surface area contributed by atoms with Gasteiger partial charge in [0.2, 0.25) is 0 Å². The Morgan fingerprint density at radius 2 is 2.50 bits per heavy atom. The van der Waals surface area contributed by atoms with Gasteiger partial charge in [-0.1, -0.05) is 0 Å². The quantitative estimate of drug-likeness (QED) is 0.398. The molecule has 1 aromatic heterocycles. The average Bonchev–Trinajstić information content (AvgIpc) is 1.86. The molecule has 6 heavy (non-hydrogen) atoms. The molecule has 0 fully saturated rings. The van der Waals surface area contributed by atoms with Crippen LogP contribution in [0, 0.1) is 0 Å². The van der Waals surface area contributed by atoms with Crippen LogP contribution in [0.15, 0.2) is 22.8 Å². The zero-order chi connectivity index (χ0) is 4.41. The van der Waals surface area contributed by atoms with E-state index >= 15 is 0 Å². The minimum absolute atomic E-state index is 1.03. The predicted molar refractivity (Wildman–Crippen MR) is 26.9 cm³/mol. The van der Waals surface area contributed by atoms with Crippen LogP contribution in [0.4, 0.5) is 0 Å². The van der Waals surface area contributed by atoms with Crippen molar-refractivity contribution in [2.45, 2.75) is 0 Å². The van der Waals surface area contributed by atoms with Crippen molar-refractivity contribution >= 4 is 20.9 Å². The van der Waals surface area contributed by atoms with Gasteiger partial charge >= 0.3 is 16.3 Å². The fraction of sp³-hybridized carbons (Fsp3) is 0. The van der Waals surface area contributed by atoms with Crippen molar-refractivity contribution in [2.75, 3.05) is 0 Å². The van der Waals surface area contributed by atoms with Crippen molar-refractivity contribution in [1.29, 1.82) is 0 Å². The smallest absolute Gasteiger partial charge is 0.318 e. The summed E-state index contributed by atoms with van der Waals surface area (Å²) in [5.41, 5.74) is 0. The van der Waals surface area contributed by atoms with Gasteiger partial charge in [-0.15, -0.1) is 0 Å². The zero-order valence-electron chi connectivity index (χ0n) is 3.64.